The summed E-state index contributed by atoms with van der Waals surface area (Å²) in [5.74, 6) is -0.139. The molecule has 7 atom stereocenters. The number of amides is 1. The van der Waals surface area contributed by atoms with Crippen LogP contribution >= 0.6 is 0 Å². The summed E-state index contributed by atoms with van der Waals surface area (Å²) in [5.41, 5.74) is 0. The maximum absolute atomic E-state index is 13.0. The Hall–Kier alpha value is -0.810. The molecule has 9 heteroatoms. The van der Waals surface area contributed by atoms with Crippen molar-refractivity contribution in [3.05, 3.63) is 0 Å². The van der Waals surface area contributed by atoms with Crippen molar-refractivity contribution in [3.8, 4) is 0 Å². The van der Waals surface area contributed by atoms with Gasteiger partial charge in [0, 0.05) is 6.42 Å². The zero-order valence-corrected chi connectivity index (χ0v) is 38.8. The van der Waals surface area contributed by atoms with E-state index in [1.807, 2.05) is 0 Å². The largest absolute Gasteiger partial charge is 0.394 e. The smallest absolute Gasteiger partial charge is 0.220 e. The molecule has 2 unspecified atom stereocenters. The monoisotopic (exact) mass is 842 g/mol. The number of unbranched alkanes of at least 4 members (excludes halogenated alkanes) is 34. The van der Waals surface area contributed by atoms with Gasteiger partial charge < -0.3 is 40.3 Å². The van der Waals surface area contributed by atoms with Crippen molar-refractivity contribution in [1.29, 1.82) is 0 Å². The van der Waals surface area contributed by atoms with Gasteiger partial charge in [0.1, 0.15) is 24.4 Å². The fraction of sp³-hybridized carbons (Fsp3) is 0.980. The molecule has 0 saturated carbocycles. The fourth-order valence-electron chi connectivity index (χ4n) is 8.58. The molecule has 0 aromatic carbocycles. The van der Waals surface area contributed by atoms with E-state index in [0.29, 0.717) is 12.8 Å². The maximum atomic E-state index is 13.0. The van der Waals surface area contributed by atoms with E-state index in [0.717, 1.165) is 38.5 Å². The van der Waals surface area contributed by atoms with Crippen molar-refractivity contribution in [1.82, 2.24) is 5.32 Å². The van der Waals surface area contributed by atoms with E-state index in [9.17, 15) is 30.3 Å². The number of aliphatic hydroxyl groups is 5. The zero-order valence-electron chi connectivity index (χ0n) is 38.8. The molecule has 0 spiro atoms. The Morgan fingerprint density at radius 1 is 0.508 bits per heavy atom. The standard InChI is InChI=1S/C50H99NO8/c1-3-5-7-9-11-13-15-17-18-19-20-21-22-23-24-25-26-28-30-32-34-36-38-40-46(54)51-43(42-58-50-49(57)48(56)47(55)45(41-52)59-50)44(53)39-37-35-33-31-29-27-16-14-12-10-8-6-4-2/h43-45,47-50,52-53,55-57H,3-42H2,1-2H3,(H,51,54)/t43?,44?,45-,47+,48+,49-,50+/m1/s1. The van der Waals surface area contributed by atoms with Crippen LogP contribution in [-0.2, 0) is 14.3 Å². The highest BCUT2D eigenvalue weighted by atomic mass is 16.7. The van der Waals surface area contributed by atoms with Gasteiger partial charge in [-0.1, -0.05) is 239 Å². The third kappa shape index (κ3) is 31.6. The molecule has 59 heavy (non-hydrogen) atoms. The van der Waals surface area contributed by atoms with Crippen molar-refractivity contribution in [2.75, 3.05) is 13.2 Å². The van der Waals surface area contributed by atoms with Gasteiger partial charge >= 0.3 is 0 Å². The molecule has 0 radical (unpaired) electrons. The minimum absolute atomic E-state index is 0.132. The highest BCUT2D eigenvalue weighted by molar-refractivity contribution is 5.76. The fourth-order valence-corrected chi connectivity index (χ4v) is 8.58. The van der Waals surface area contributed by atoms with Crippen LogP contribution in [0.5, 0.6) is 0 Å². The minimum atomic E-state index is -1.55. The van der Waals surface area contributed by atoms with Gasteiger partial charge in [-0.25, -0.2) is 0 Å². The topological polar surface area (TPSA) is 149 Å². The summed E-state index contributed by atoms with van der Waals surface area (Å²) < 4.78 is 11.3. The van der Waals surface area contributed by atoms with Crippen LogP contribution in [0.25, 0.3) is 0 Å². The molecule has 1 amide bonds. The van der Waals surface area contributed by atoms with Crippen molar-refractivity contribution in [2.45, 2.75) is 301 Å². The summed E-state index contributed by atoms with van der Waals surface area (Å²) in [6, 6.07) is -0.711. The van der Waals surface area contributed by atoms with Crippen LogP contribution in [0.1, 0.15) is 258 Å². The summed E-state index contributed by atoms with van der Waals surface area (Å²) in [7, 11) is 0. The van der Waals surface area contributed by atoms with Gasteiger partial charge in [0.2, 0.25) is 5.91 Å². The Morgan fingerprint density at radius 3 is 1.20 bits per heavy atom. The Morgan fingerprint density at radius 2 is 0.847 bits per heavy atom. The Balaban J connectivity index is 2.21. The molecule has 1 rings (SSSR count). The molecular weight excluding hydrogens is 743 g/mol. The first-order chi connectivity index (χ1) is 28.8. The van der Waals surface area contributed by atoms with Crippen LogP contribution in [0.4, 0.5) is 0 Å². The van der Waals surface area contributed by atoms with Crippen LogP contribution in [-0.4, -0.2) is 87.5 Å². The lowest BCUT2D eigenvalue weighted by atomic mass is 9.99. The first-order valence-corrected chi connectivity index (χ1v) is 25.7. The molecule has 1 aliphatic rings. The lowest BCUT2D eigenvalue weighted by Crippen LogP contribution is -2.60. The molecule has 6 N–H and O–H groups in total. The molecule has 0 aromatic heterocycles. The minimum Gasteiger partial charge on any atom is -0.394 e. The summed E-state index contributed by atoms with van der Waals surface area (Å²) in [6.45, 7) is 3.86. The number of ether oxygens (including phenoxy) is 2. The second kappa shape index (κ2) is 41.2. The van der Waals surface area contributed by atoms with Gasteiger partial charge in [0.05, 0.1) is 25.4 Å². The third-order valence-electron chi connectivity index (χ3n) is 12.7. The predicted octanol–water partition coefficient (Wildman–Crippen LogP) is 11.5. The molecule has 1 saturated heterocycles. The van der Waals surface area contributed by atoms with Crippen LogP contribution in [0, 0.1) is 0 Å². The van der Waals surface area contributed by atoms with Crippen LogP contribution in [0.15, 0.2) is 0 Å². The van der Waals surface area contributed by atoms with Gasteiger partial charge in [-0.2, -0.15) is 0 Å². The van der Waals surface area contributed by atoms with Crippen LogP contribution < -0.4 is 5.32 Å². The molecular formula is C50H99NO8. The highest BCUT2D eigenvalue weighted by Crippen LogP contribution is 2.23. The maximum Gasteiger partial charge on any atom is 0.220 e. The van der Waals surface area contributed by atoms with Gasteiger partial charge in [-0.3, -0.25) is 4.79 Å². The zero-order chi connectivity index (χ0) is 43.0. The SMILES string of the molecule is CCCCCCCCCCCCCCCCCCCCCCCCCC(=O)NC(CO[C@H]1O[C@H](CO)[C@H](O)[C@H](O)[C@H]1O)C(O)CCCCCCCCCCCCCCC. The van der Waals surface area contributed by atoms with Crippen molar-refractivity contribution in [2.24, 2.45) is 0 Å². The number of hydrogen-bond donors (Lipinski definition) is 6. The van der Waals surface area contributed by atoms with E-state index in [2.05, 4.69) is 19.2 Å². The van der Waals surface area contributed by atoms with Gasteiger partial charge in [-0.05, 0) is 12.8 Å². The Kier molecular flexibility index (Phi) is 39.3. The summed E-state index contributed by atoms with van der Waals surface area (Å²) in [6.07, 6.45) is 39.8. The summed E-state index contributed by atoms with van der Waals surface area (Å²) in [4.78, 5) is 13.0. The highest BCUT2D eigenvalue weighted by Gasteiger charge is 2.44. The molecule has 0 aliphatic carbocycles. The van der Waals surface area contributed by atoms with Crippen molar-refractivity contribution in [3.63, 3.8) is 0 Å². The van der Waals surface area contributed by atoms with Crippen LogP contribution in [0.2, 0.25) is 0 Å². The molecule has 1 heterocycles. The summed E-state index contributed by atoms with van der Waals surface area (Å²) in [5, 5.41) is 54.4. The number of rotatable bonds is 44. The predicted molar refractivity (Wildman–Crippen MR) is 244 cm³/mol. The van der Waals surface area contributed by atoms with E-state index in [4.69, 9.17) is 9.47 Å². The van der Waals surface area contributed by atoms with Crippen molar-refractivity contribution < 1.29 is 39.8 Å². The molecule has 0 aromatic rings. The average molecular weight is 842 g/mol. The quantitative estimate of drug-likeness (QED) is 0.0332. The molecule has 1 fully saturated rings. The van der Waals surface area contributed by atoms with Crippen molar-refractivity contribution >= 4 is 5.91 Å². The van der Waals surface area contributed by atoms with E-state index < -0.39 is 49.5 Å². The van der Waals surface area contributed by atoms with E-state index in [1.165, 1.54) is 193 Å². The number of carbonyl (C=O) groups is 1. The Labute approximate surface area is 364 Å². The number of hydrogen-bond acceptors (Lipinski definition) is 8. The number of aliphatic hydroxyl groups excluding tert-OH is 5. The van der Waals surface area contributed by atoms with Gasteiger partial charge in [0.15, 0.2) is 6.29 Å². The molecule has 1 aliphatic heterocycles. The Bertz CT molecular complexity index is 893. The molecule has 0 bridgehead atoms. The van der Waals surface area contributed by atoms with E-state index in [1.54, 1.807) is 0 Å². The van der Waals surface area contributed by atoms with Crippen LogP contribution in [0.3, 0.4) is 0 Å². The lowest BCUT2D eigenvalue weighted by Gasteiger charge is -2.40. The molecule has 9 nitrogen and oxygen atoms in total. The van der Waals surface area contributed by atoms with Gasteiger partial charge in [-0.15, -0.1) is 0 Å². The van der Waals surface area contributed by atoms with E-state index >= 15 is 0 Å². The third-order valence-corrected chi connectivity index (χ3v) is 12.7. The van der Waals surface area contributed by atoms with Gasteiger partial charge in [0.25, 0.3) is 0 Å². The average Bonchev–Trinajstić information content (AvgIpc) is 3.23. The van der Waals surface area contributed by atoms with E-state index in [-0.39, 0.29) is 12.5 Å². The summed E-state index contributed by atoms with van der Waals surface area (Å²) >= 11 is 0. The first kappa shape index (κ1) is 56.2. The second-order valence-corrected chi connectivity index (χ2v) is 18.3. The second-order valence-electron chi connectivity index (χ2n) is 18.3. The number of carbonyl (C=O) groups excluding carboxylic acids is 1. The molecule has 352 valence electrons. The number of nitrogens with one attached hydrogen (secondary N) is 1. The lowest BCUT2D eigenvalue weighted by molar-refractivity contribution is -0.302. The first-order valence-electron chi connectivity index (χ1n) is 25.7. The normalized spacial score (nSPS) is 20.6.